The summed E-state index contributed by atoms with van der Waals surface area (Å²) in [4.78, 5) is 13.3. The summed E-state index contributed by atoms with van der Waals surface area (Å²) in [6, 6.07) is 32.0. The van der Waals surface area contributed by atoms with Crippen LogP contribution in [0.3, 0.4) is 0 Å². The molecule has 2 amide bonds. The predicted molar refractivity (Wildman–Crippen MR) is 137 cm³/mol. The van der Waals surface area contributed by atoms with Gasteiger partial charge >= 0.3 is 6.03 Å². The average Bonchev–Trinajstić information content (AvgIpc) is 3.14. The van der Waals surface area contributed by atoms with Gasteiger partial charge in [0.2, 0.25) is 0 Å². The van der Waals surface area contributed by atoms with Gasteiger partial charge < -0.3 is 11.1 Å². The van der Waals surface area contributed by atoms with Crippen molar-refractivity contribution in [2.75, 3.05) is 10.2 Å². The molecule has 2 aliphatic rings. The molecule has 0 aromatic heterocycles. The summed E-state index contributed by atoms with van der Waals surface area (Å²) in [5.41, 5.74) is 14.4. The van der Waals surface area contributed by atoms with E-state index >= 15 is 0 Å². The van der Waals surface area contributed by atoms with Crippen LogP contribution in [0.25, 0.3) is 12.2 Å². The number of nitrogens with zero attached hydrogens (tertiary/aromatic N) is 1. The van der Waals surface area contributed by atoms with Gasteiger partial charge in [0, 0.05) is 11.4 Å². The molecule has 4 aromatic carbocycles. The Bertz CT molecular complexity index is 1250. The molecule has 0 atom stereocenters. The Hall–Kier alpha value is -4.31. The van der Waals surface area contributed by atoms with E-state index in [1.54, 1.807) is 4.90 Å². The smallest absolute Gasteiger partial charge is 0.323 e. The molecule has 0 unspecified atom stereocenters. The molecule has 0 aliphatic carbocycles. The molecule has 162 valence electrons. The third-order valence-corrected chi connectivity index (χ3v) is 5.99. The minimum atomic E-state index is -0.474. The number of primary amides is 1. The molecule has 0 fully saturated rings. The Labute approximate surface area is 194 Å². The number of nitrogens with two attached hydrogens (primary N) is 1. The summed E-state index contributed by atoms with van der Waals surface area (Å²) in [6.07, 6.45) is 6.24. The zero-order valence-corrected chi connectivity index (χ0v) is 18.2. The van der Waals surface area contributed by atoms with Gasteiger partial charge in [0.25, 0.3) is 0 Å². The molecule has 0 bridgehead atoms. The van der Waals surface area contributed by atoms with Crippen LogP contribution in [0.1, 0.15) is 22.3 Å². The molecule has 2 aliphatic heterocycles. The summed E-state index contributed by atoms with van der Waals surface area (Å²) in [7, 11) is 0. The second-order valence-corrected chi connectivity index (χ2v) is 8.06. The lowest BCUT2D eigenvalue weighted by atomic mass is 10.0. The SMILES string of the molecule is NC(=O)N1c2ccccc2C=Cc2ccccc21.c1ccc2c(c1)CCc1ccccc1N2. The Kier molecular flexibility index (Phi) is 5.64. The van der Waals surface area contributed by atoms with Gasteiger partial charge in [-0.1, -0.05) is 84.9 Å². The second kappa shape index (κ2) is 9.05. The predicted octanol–water partition coefficient (Wildman–Crippen LogP) is 6.92. The molecular weight excluding hydrogens is 406 g/mol. The quantitative estimate of drug-likeness (QED) is 0.318. The van der Waals surface area contributed by atoms with E-state index in [0.717, 1.165) is 35.3 Å². The maximum Gasteiger partial charge on any atom is 0.323 e. The van der Waals surface area contributed by atoms with Gasteiger partial charge in [-0.2, -0.15) is 0 Å². The molecular formula is C29H25N3O. The minimum Gasteiger partial charge on any atom is -0.355 e. The number of nitrogens with one attached hydrogen (secondary N) is 1. The van der Waals surface area contributed by atoms with E-state index in [-0.39, 0.29) is 0 Å². The van der Waals surface area contributed by atoms with Gasteiger partial charge in [0.05, 0.1) is 11.4 Å². The van der Waals surface area contributed by atoms with Gasteiger partial charge in [0.1, 0.15) is 0 Å². The van der Waals surface area contributed by atoms with Crippen LogP contribution in [-0.2, 0) is 12.8 Å². The van der Waals surface area contributed by atoms with Crippen molar-refractivity contribution in [1.82, 2.24) is 0 Å². The lowest BCUT2D eigenvalue weighted by Gasteiger charge is -2.22. The highest BCUT2D eigenvalue weighted by Crippen LogP contribution is 2.35. The molecule has 6 rings (SSSR count). The van der Waals surface area contributed by atoms with E-state index in [1.165, 1.54) is 22.5 Å². The highest BCUT2D eigenvalue weighted by atomic mass is 16.2. The van der Waals surface area contributed by atoms with E-state index in [9.17, 15) is 4.79 Å². The fourth-order valence-corrected chi connectivity index (χ4v) is 4.35. The van der Waals surface area contributed by atoms with Crippen molar-refractivity contribution < 1.29 is 4.79 Å². The number of hydrogen-bond acceptors (Lipinski definition) is 2. The Morgan fingerprint density at radius 2 is 1.06 bits per heavy atom. The maximum absolute atomic E-state index is 11.8. The largest absolute Gasteiger partial charge is 0.355 e. The third kappa shape index (κ3) is 4.23. The normalized spacial score (nSPS) is 12.9. The standard InChI is InChI=1S/C15H12N2O.C14H13N/c16-15(18)17-13-7-3-1-5-11(13)9-10-12-6-2-4-8-14(12)17;1-3-7-13-11(5-1)9-10-12-6-2-4-8-14(12)15-13/h1-10H,(H2,16,18);1-8,15H,9-10H2. The molecule has 4 nitrogen and oxygen atoms in total. The monoisotopic (exact) mass is 431 g/mol. The molecule has 4 aromatic rings. The first-order valence-corrected chi connectivity index (χ1v) is 11.1. The van der Waals surface area contributed by atoms with Crippen LogP contribution in [0.4, 0.5) is 27.5 Å². The van der Waals surface area contributed by atoms with Crippen molar-refractivity contribution in [3.05, 3.63) is 119 Å². The summed E-state index contributed by atoms with van der Waals surface area (Å²) in [6.45, 7) is 0. The number of urea groups is 1. The second-order valence-electron chi connectivity index (χ2n) is 8.06. The van der Waals surface area contributed by atoms with Gasteiger partial charge in [-0.05, 0) is 59.4 Å². The van der Waals surface area contributed by atoms with Crippen LogP contribution in [0.15, 0.2) is 97.1 Å². The number of aryl methyl sites for hydroxylation is 2. The minimum absolute atomic E-state index is 0.474. The van der Waals surface area contributed by atoms with Gasteiger partial charge in [0.15, 0.2) is 0 Å². The molecule has 0 spiro atoms. The number of anilines is 4. The molecule has 2 heterocycles. The van der Waals surface area contributed by atoms with E-state index < -0.39 is 6.03 Å². The fourth-order valence-electron chi connectivity index (χ4n) is 4.35. The van der Waals surface area contributed by atoms with Crippen LogP contribution >= 0.6 is 0 Å². The average molecular weight is 432 g/mol. The molecule has 33 heavy (non-hydrogen) atoms. The number of amides is 2. The summed E-state index contributed by atoms with van der Waals surface area (Å²) >= 11 is 0. The molecule has 0 saturated heterocycles. The molecule has 4 heteroatoms. The lowest BCUT2D eigenvalue weighted by Crippen LogP contribution is -2.32. The highest BCUT2D eigenvalue weighted by molar-refractivity contribution is 6.04. The van der Waals surface area contributed by atoms with E-state index in [4.69, 9.17) is 5.73 Å². The Balaban J connectivity index is 0.000000140. The van der Waals surface area contributed by atoms with Crippen molar-refractivity contribution in [3.63, 3.8) is 0 Å². The molecule has 3 N–H and O–H groups in total. The van der Waals surface area contributed by atoms with Crippen molar-refractivity contribution >= 4 is 40.9 Å². The van der Waals surface area contributed by atoms with Gasteiger partial charge in [-0.15, -0.1) is 0 Å². The number of carbonyl (C=O) groups is 1. The van der Waals surface area contributed by atoms with E-state index in [2.05, 4.69) is 53.8 Å². The Morgan fingerprint density at radius 3 is 1.55 bits per heavy atom. The van der Waals surface area contributed by atoms with Crippen LogP contribution in [0.2, 0.25) is 0 Å². The first-order valence-electron chi connectivity index (χ1n) is 11.1. The van der Waals surface area contributed by atoms with Crippen molar-refractivity contribution in [1.29, 1.82) is 0 Å². The van der Waals surface area contributed by atoms with E-state index in [0.29, 0.717) is 0 Å². The fraction of sp³-hybridized carbons (Fsp3) is 0.0690. The van der Waals surface area contributed by atoms with Crippen LogP contribution in [0, 0.1) is 0 Å². The summed E-state index contributed by atoms with van der Waals surface area (Å²) in [5, 5.41) is 3.50. The van der Waals surface area contributed by atoms with Crippen LogP contribution < -0.4 is 16.0 Å². The first kappa shape index (κ1) is 20.6. The highest BCUT2D eigenvalue weighted by Gasteiger charge is 2.21. The number of hydrogen-bond donors (Lipinski definition) is 2. The number of fused-ring (bicyclic) bond motifs is 4. The van der Waals surface area contributed by atoms with Gasteiger partial charge in [-0.25, -0.2) is 4.79 Å². The lowest BCUT2D eigenvalue weighted by molar-refractivity contribution is 0.256. The number of carbonyl (C=O) groups excluding carboxylic acids is 1. The van der Waals surface area contributed by atoms with Crippen LogP contribution in [-0.4, -0.2) is 6.03 Å². The zero-order valence-electron chi connectivity index (χ0n) is 18.2. The maximum atomic E-state index is 11.8. The zero-order chi connectivity index (χ0) is 22.6. The van der Waals surface area contributed by atoms with Crippen molar-refractivity contribution in [3.8, 4) is 0 Å². The van der Waals surface area contributed by atoms with Gasteiger partial charge in [-0.3, -0.25) is 4.90 Å². The third-order valence-electron chi connectivity index (χ3n) is 5.99. The van der Waals surface area contributed by atoms with Crippen molar-refractivity contribution in [2.24, 2.45) is 5.73 Å². The molecule has 0 saturated carbocycles. The van der Waals surface area contributed by atoms with E-state index in [1.807, 2.05) is 60.7 Å². The first-order chi connectivity index (χ1) is 16.2. The van der Waals surface area contributed by atoms with Crippen LogP contribution in [0.5, 0.6) is 0 Å². The topological polar surface area (TPSA) is 58.4 Å². The Morgan fingerprint density at radius 1 is 0.636 bits per heavy atom. The number of benzene rings is 4. The van der Waals surface area contributed by atoms with Crippen molar-refractivity contribution in [2.45, 2.75) is 12.8 Å². The summed E-state index contributed by atoms with van der Waals surface area (Å²) in [5.74, 6) is 0. The molecule has 0 radical (unpaired) electrons. The summed E-state index contributed by atoms with van der Waals surface area (Å²) < 4.78 is 0. The number of rotatable bonds is 0. The number of para-hydroxylation sites is 4.